The molecule has 2 N–H and O–H groups in total. The van der Waals surface area contributed by atoms with Crippen LogP contribution in [0.3, 0.4) is 0 Å². The van der Waals surface area contributed by atoms with Crippen LogP contribution in [0, 0.1) is 11.8 Å². The summed E-state index contributed by atoms with van der Waals surface area (Å²) in [7, 11) is 0. The lowest BCUT2D eigenvalue weighted by Gasteiger charge is -2.30. The third-order valence-corrected chi connectivity index (χ3v) is 4.60. The number of nitrogens with zero attached hydrogens (tertiary/aromatic N) is 1. The van der Waals surface area contributed by atoms with E-state index in [1.54, 1.807) is 0 Å². The van der Waals surface area contributed by atoms with E-state index in [9.17, 15) is 4.79 Å². The van der Waals surface area contributed by atoms with Crippen molar-refractivity contribution in [2.45, 2.75) is 77.3 Å². The molecule has 0 radical (unpaired) electrons. The summed E-state index contributed by atoms with van der Waals surface area (Å²) in [5.74, 6) is 1.12. The van der Waals surface area contributed by atoms with Crippen LogP contribution in [0.25, 0.3) is 0 Å². The van der Waals surface area contributed by atoms with Crippen LogP contribution in [0.4, 0.5) is 0 Å². The molecular weight excluding hydrogens is 236 g/mol. The molecule has 2 rings (SSSR count). The number of carbonyl (C=O) groups is 1. The number of hydrogen-bond donors (Lipinski definition) is 1. The predicted octanol–water partition coefficient (Wildman–Crippen LogP) is 2.93. The summed E-state index contributed by atoms with van der Waals surface area (Å²) >= 11 is 0. The Morgan fingerprint density at radius 2 is 1.84 bits per heavy atom. The summed E-state index contributed by atoms with van der Waals surface area (Å²) < 4.78 is 0. The van der Waals surface area contributed by atoms with E-state index in [-0.39, 0.29) is 12.0 Å². The molecule has 0 aromatic carbocycles. The van der Waals surface area contributed by atoms with Gasteiger partial charge in [0.05, 0.1) is 5.92 Å². The zero-order chi connectivity index (χ0) is 13.8. The van der Waals surface area contributed by atoms with Gasteiger partial charge in [-0.25, -0.2) is 0 Å². The van der Waals surface area contributed by atoms with Crippen molar-refractivity contribution >= 4 is 5.91 Å². The minimum Gasteiger partial charge on any atom is -0.339 e. The van der Waals surface area contributed by atoms with E-state index >= 15 is 0 Å². The molecule has 0 heterocycles. The molecule has 0 aliphatic heterocycles. The minimum absolute atomic E-state index is 0.0928. The lowest BCUT2D eigenvalue weighted by atomic mass is 9.93. The van der Waals surface area contributed by atoms with Crippen LogP contribution in [0.5, 0.6) is 0 Å². The highest BCUT2D eigenvalue weighted by Crippen LogP contribution is 2.32. The average molecular weight is 266 g/mol. The zero-order valence-corrected chi connectivity index (χ0v) is 12.6. The Kier molecular flexibility index (Phi) is 5.26. The SMILES string of the molecule is CC(C)CCN(C(=O)C1CCCCCC1N)C1CC1. The third-order valence-electron chi connectivity index (χ3n) is 4.60. The molecule has 3 nitrogen and oxygen atoms in total. The highest BCUT2D eigenvalue weighted by molar-refractivity contribution is 5.80. The molecule has 2 atom stereocenters. The van der Waals surface area contributed by atoms with Crippen molar-refractivity contribution < 1.29 is 4.79 Å². The molecule has 1 amide bonds. The van der Waals surface area contributed by atoms with Gasteiger partial charge in [0.15, 0.2) is 0 Å². The second-order valence-electron chi connectivity index (χ2n) is 6.85. The van der Waals surface area contributed by atoms with Crippen LogP contribution in [0.2, 0.25) is 0 Å². The van der Waals surface area contributed by atoms with Gasteiger partial charge in [-0.05, 0) is 38.0 Å². The Morgan fingerprint density at radius 1 is 1.16 bits per heavy atom. The number of rotatable bonds is 5. The fraction of sp³-hybridized carbons (Fsp3) is 0.938. The Bertz CT molecular complexity index is 299. The van der Waals surface area contributed by atoms with E-state index in [0.717, 1.165) is 25.8 Å². The van der Waals surface area contributed by atoms with Crippen molar-refractivity contribution in [3.05, 3.63) is 0 Å². The molecule has 2 unspecified atom stereocenters. The van der Waals surface area contributed by atoms with Gasteiger partial charge in [-0.3, -0.25) is 4.79 Å². The number of nitrogens with two attached hydrogens (primary N) is 1. The largest absolute Gasteiger partial charge is 0.339 e. The summed E-state index contributed by atoms with van der Waals surface area (Å²) in [4.78, 5) is 15.0. The van der Waals surface area contributed by atoms with E-state index in [1.165, 1.54) is 32.1 Å². The fourth-order valence-electron chi connectivity index (χ4n) is 3.11. The highest BCUT2D eigenvalue weighted by atomic mass is 16.2. The molecule has 2 aliphatic rings. The van der Waals surface area contributed by atoms with Crippen LogP contribution in [0.1, 0.15) is 65.2 Å². The molecule has 19 heavy (non-hydrogen) atoms. The quantitative estimate of drug-likeness (QED) is 0.778. The van der Waals surface area contributed by atoms with E-state index in [1.807, 2.05) is 0 Å². The standard InChI is InChI=1S/C16H30N2O/c1-12(2)10-11-18(13-8-9-13)16(19)14-6-4-3-5-7-15(14)17/h12-15H,3-11,17H2,1-2H3. The topological polar surface area (TPSA) is 46.3 Å². The smallest absolute Gasteiger partial charge is 0.227 e. The molecule has 3 heteroatoms. The maximum absolute atomic E-state index is 12.8. The van der Waals surface area contributed by atoms with Gasteiger partial charge in [-0.2, -0.15) is 0 Å². The Balaban J connectivity index is 1.96. The second kappa shape index (κ2) is 6.74. The summed E-state index contributed by atoms with van der Waals surface area (Å²) in [5, 5.41) is 0. The van der Waals surface area contributed by atoms with Gasteiger partial charge in [0.25, 0.3) is 0 Å². The minimum atomic E-state index is 0.0928. The van der Waals surface area contributed by atoms with Gasteiger partial charge >= 0.3 is 0 Å². The fourth-order valence-corrected chi connectivity index (χ4v) is 3.11. The first-order valence-electron chi connectivity index (χ1n) is 8.15. The van der Waals surface area contributed by atoms with Gasteiger partial charge in [0, 0.05) is 18.6 Å². The maximum Gasteiger partial charge on any atom is 0.227 e. The summed E-state index contributed by atoms with van der Waals surface area (Å²) in [6, 6.07) is 0.622. The Hall–Kier alpha value is -0.570. The Labute approximate surface area is 117 Å². The molecule has 0 aromatic heterocycles. The number of amides is 1. The monoisotopic (exact) mass is 266 g/mol. The lowest BCUT2D eigenvalue weighted by molar-refractivity contribution is -0.137. The van der Waals surface area contributed by atoms with Crippen LogP contribution in [0.15, 0.2) is 0 Å². The Morgan fingerprint density at radius 3 is 2.47 bits per heavy atom. The maximum atomic E-state index is 12.8. The van der Waals surface area contributed by atoms with Gasteiger partial charge in [-0.15, -0.1) is 0 Å². The van der Waals surface area contributed by atoms with Crippen LogP contribution >= 0.6 is 0 Å². The van der Waals surface area contributed by atoms with Crippen molar-refractivity contribution in [3.63, 3.8) is 0 Å². The molecule has 2 fully saturated rings. The summed E-state index contributed by atoms with van der Waals surface area (Å²) in [6.45, 7) is 5.39. The first kappa shape index (κ1) is 14.8. The summed E-state index contributed by atoms with van der Waals surface area (Å²) in [5.41, 5.74) is 6.25. The third kappa shape index (κ3) is 4.20. The number of carbonyl (C=O) groups excluding carboxylic acids is 1. The molecule has 0 spiro atoms. The first-order chi connectivity index (χ1) is 9.09. The molecule has 2 aliphatic carbocycles. The molecule has 0 saturated heterocycles. The van der Waals surface area contributed by atoms with Crippen molar-refractivity contribution in [3.8, 4) is 0 Å². The lowest BCUT2D eigenvalue weighted by Crippen LogP contribution is -2.45. The van der Waals surface area contributed by atoms with Gasteiger partial charge < -0.3 is 10.6 Å². The van der Waals surface area contributed by atoms with Crippen molar-refractivity contribution in [1.82, 2.24) is 4.90 Å². The molecular formula is C16H30N2O. The van der Waals surface area contributed by atoms with Crippen molar-refractivity contribution in [2.75, 3.05) is 6.54 Å². The molecule has 2 saturated carbocycles. The highest BCUT2D eigenvalue weighted by Gasteiger charge is 2.37. The molecule has 0 aromatic rings. The van der Waals surface area contributed by atoms with Crippen LogP contribution in [-0.2, 0) is 4.79 Å². The first-order valence-corrected chi connectivity index (χ1v) is 8.15. The van der Waals surface area contributed by atoms with Crippen LogP contribution < -0.4 is 5.73 Å². The van der Waals surface area contributed by atoms with Crippen LogP contribution in [-0.4, -0.2) is 29.4 Å². The summed E-state index contributed by atoms with van der Waals surface area (Å²) in [6.07, 6.45) is 9.16. The van der Waals surface area contributed by atoms with E-state index in [2.05, 4.69) is 18.7 Å². The molecule has 110 valence electrons. The van der Waals surface area contributed by atoms with E-state index < -0.39 is 0 Å². The van der Waals surface area contributed by atoms with Crippen molar-refractivity contribution in [1.29, 1.82) is 0 Å². The average Bonchev–Trinajstić information content (AvgIpc) is 3.17. The second-order valence-corrected chi connectivity index (χ2v) is 6.85. The van der Waals surface area contributed by atoms with Gasteiger partial charge in [0.1, 0.15) is 0 Å². The normalized spacial score (nSPS) is 28.2. The zero-order valence-electron chi connectivity index (χ0n) is 12.6. The van der Waals surface area contributed by atoms with E-state index in [0.29, 0.717) is 17.9 Å². The van der Waals surface area contributed by atoms with Crippen molar-refractivity contribution in [2.24, 2.45) is 17.6 Å². The molecule has 0 bridgehead atoms. The van der Waals surface area contributed by atoms with Gasteiger partial charge in [-0.1, -0.05) is 33.1 Å². The number of hydrogen-bond acceptors (Lipinski definition) is 2. The predicted molar refractivity (Wildman–Crippen MR) is 78.7 cm³/mol. The van der Waals surface area contributed by atoms with Gasteiger partial charge in [0.2, 0.25) is 5.91 Å². The van der Waals surface area contributed by atoms with E-state index in [4.69, 9.17) is 5.73 Å².